The maximum Gasteiger partial charge on any atom is 0.472 e. The monoisotopic (exact) mass is 953 g/mol. The van der Waals surface area contributed by atoms with Gasteiger partial charge in [-0.25, -0.2) is 4.57 Å². The number of carbonyl (C=O) groups is 2. The summed E-state index contributed by atoms with van der Waals surface area (Å²) in [6, 6.07) is 0. The van der Waals surface area contributed by atoms with Crippen LogP contribution in [0.5, 0.6) is 0 Å². The molecule has 0 amide bonds. The number of esters is 2. The summed E-state index contributed by atoms with van der Waals surface area (Å²) >= 11 is 0. The summed E-state index contributed by atoms with van der Waals surface area (Å²) in [5.41, 5.74) is 0. The van der Waals surface area contributed by atoms with Crippen LogP contribution in [0.15, 0.2) is 72.9 Å². The first-order valence-electron chi connectivity index (χ1n) is 25.2. The summed E-state index contributed by atoms with van der Waals surface area (Å²) in [5, 5.41) is 50.2. The molecule has 0 bridgehead atoms. The van der Waals surface area contributed by atoms with Crippen LogP contribution in [0.2, 0.25) is 0 Å². The maximum absolute atomic E-state index is 12.8. The van der Waals surface area contributed by atoms with Crippen LogP contribution in [0.3, 0.4) is 0 Å². The van der Waals surface area contributed by atoms with E-state index in [1.165, 1.54) is 44.9 Å². The van der Waals surface area contributed by atoms with Crippen molar-refractivity contribution >= 4 is 19.8 Å². The lowest BCUT2D eigenvalue weighted by molar-refractivity contribution is -0.220. The van der Waals surface area contributed by atoms with Gasteiger partial charge in [-0.1, -0.05) is 170 Å². The molecule has 0 aromatic heterocycles. The van der Waals surface area contributed by atoms with Gasteiger partial charge in [-0.2, -0.15) is 0 Å². The van der Waals surface area contributed by atoms with Gasteiger partial charge >= 0.3 is 19.8 Å². The summed E-state index contributed by atoms with van der Waals surface area (Å²) < 4.78 is 33.6. The van der Waals surface area contributed by atoms with E-state index < -0.39 is 75.7 Å². The van der Waals surface area contributed by atoms with E-state index >= 15 is 0 Å². The van der Waals surface area contributed by atoms with E-state index in [0.717, 1.165) is 103 Å². The van der Waals surface area contributed by atoms with Gasteiger partial charge in [-0.05, 0) is 77.0 Å². The summed E-state index contributed by atoms with van der Waals surface area (Å²) in [5.74, 6) is -1.12. The molecule has 6 N–H and O–H groups in total. The number of hydrogen-bond donors (Lipinski definition) is 6. The van der Waals surface area contributed by atoms with Crippen LogP contribution >= 0.6 is 7.82 Å². The van der Waals surface area contributed by atoms with Crippen LogP contribution in [-0.2, 0) is 32.7 Å². The quantitative estimate of drug-likeness (QED) is 0.0146. The van der Waals surface area contributed by atoms with Crippen molar-refractivity contribution in [1.29, 1.82) is 0 Å². The highest BCUT2D eigenvalue weighted by Gasteiger charge is 2.51. The molecule has 66 heavy (non-hydrogen) atoms. The molecule has 0 aliphatic heterocycles. The number of aliphatic hydroxyl groups excluding tert-OH is 5. The van der Waals surface area contributed by atoms with E-state index in [9.17, 15) is 44.6 Å². The molecule has 1 rings (SSSR count). The second-order valence-electron chi connectivity index (χ2n) is 17.3. The number of aliphatic hydroxyl groups is 5. The molecular formula is C52H89O13P. The molecule has 380 valence electrons. The van der Waals surface area contributed by atoms with Crippen molar-refractivity contribution < 1.29 is 63.1 Å². The minimum Gasteiger partial charge on any atom is -0.462 e. The summed E-state index contributed by atoms with van der Waals surface area (Å²) in [4.78, 5) is 35.8. The Morgan fingerprint density at radius 1 is 0.485 bits per heavy atom. The third-order valence-electron chi connectivity index (χ3n) is 11.3. The number of allylic oxidation sites excluding steroid dienone is 12. The Morgan fingerprint density at radius 2 is 0.864 bits per heavy atom. The molecule has 0 aromatic rings. The molecule has 6 unspecified atom stereocenters. The van der Waals surface area contributed by atoms with Crippen LogP contribution in [0, 0.1) is 0 Å². The minimum absolute atomic E-state index is 0.0848. The van der Waals surface area contributed by atoms with Crippen molar-refractivity contribution in [1.82, 2.24) is 0 Å². The highest BCUT2D eigenvalue weighted by molar-refractivity contribution is 7.47. The normalized spacial score (nSPS) is 21.9. The second kappa shape index (κ2) is 41.3. The maximum atomic E-state index is 12.8. The Labute approximate surface area is 397 Å². The molecular weight excluding hydrogens is 864 g/mol. The first kappa shape index (κ1) is 61.3. The van der Waals surface area contributed by atoms with Gasteiger partial charge in [0.25, 0.3) is 0 Å². The topological polar surface area (TPSA) is 210 Å². The third kappa shape index (κ3) is 32.9. The fourth-order valence-corrected chi connectivity index (χ4v) is 8.21. The van der Waals surface area contributed by atoms with Crippen molar-refractivity contribution in [2.45, 2.75) is 230 Å². The number of rotatable bonds is 41. The molecule has 6 atom stereocenters. The van der Waals surface area contributed by atoms with E-state index in [0.29, 0.717) is 12.8 Å². The molecule has 1 saturated carbocycles. The van der Waals surface area contributed by atoms with Crippen molar-refractivity contribution in [2.24, 2.45) is 0 Å². The molecule has 0 saturated heterocycles. The molecule has 13 nitrogen and oxygen atoms in total. The van der Waals surface area contributed by atoms with Crippen LogP contribution in [0.1, 0.15) is 187 Å². The van der Waals surface area contributed by atoms with Gasteiger partial charge in [-0.15, -0.1) is 0 Å². The lowest BCUT2D eigenvalue weighted by Crippen LogP contribution is -2.64. The largest absolute Gasteiger partial charge is 0.472 e. The Balaban J connectivity index is 2.40. The lowest BCUT2D eigenvalue weighted by Gasteiger charge is -2.41. The summed E-state index contributed by atoms with van der Waals surface area (Å²) in [6.45, 7) is 3.14. The van der Waals surface area contributed by atoms with Gasteiger partial charge in [0.15, 0.2) is 6.10 Å². The third-order valence-corrected chi connectivity index (χ3v) is 12.3. The standard InChI is InChI=1S/C52H89O13P/c1-3-5-7-9-11-13-15-17-19-20-21-22-23-24-25-26-27-29-31-33-35-37-39-41-46(54)64-44(43-63-66(60,61)65-52-50(58)48(56)47(55)49(57)51(52)59)42-62-45(53)40-38-36-34-32-30-28-18-16-14-12-10-8-6-4-2/h5,7,10-13,16-19,21-22,44,47-52,55-59H,3-4,6,8-9,14-15,20,23-43H2,1-2H3,(H,60,61)/b7-5-,12-10-,13-11-,18-16-,19-17-,22-21-. The molecule has 14 heteroatoms. The predicted octanol–water partition coefficient (Wildman–Crippen LogP) is 10.7. The van der Waals surface area contributed by atoms with E-state index in [1.54, 1.807) is 0 Å². The van der Waals surface area contributed by atoms with Crippen molar-refractivity contribution in [3.63, 3.8) is 0 Å². The molecule has 0 radical (unpaired) electrons. The fourth-order valence-electron chi connectivity index (χ4n) is 7.24. The zero-order chi connectivity index (χ0) is 48.5. The highest BCUT2D eigenvalue weighted by Crippen LogP contribution is 2.47. The zero-order valence-electron chi connectivity index (χ0n) is 40.5. The molecule has 1 fully saturated rings. The van der Waals surface area contributed by atoms with Gasteiger partial charge in [-0.3, -0.25) is 18.6 Å². The lowest BCUT2D eigenvalue weighted by atomic mass is 9.85. The first-order chi connectivity index (χ1) is 31.9. The SMILES string of the molecule is CC/C=C\C/C=C\C/C=C\C/C=C\CCCCCCCCCCCCC(=O)OC(COC(=O)CCCCCCC/C=C\C/C=C\CCCC)COP(=O)(O)OC1C(O)C(O)C(O)C(O)C1O. The minimum atomic E-state index is -5.13. The van der Waals surface area contributed by atoms with E-state index in [1.807, 2.05) is 0 Å². The average molecular weight is 953 g/mol. The number of phosphoric ester groups is 1. The number of carbonyl (C=O) groups excluding carboxylic acids is 2. The highest BCUT2D eigenvalue weighted by atomic mass is 31.2. The smallest absolute Gasteiger partial charge is 0.462 e. The summed E-state index contributed by atoms with van der Waals surface area (Å²) in [6.07, 6.45) is 39.5. The Morgan fingerprint density at radius 3 is 1.32 bits per heavy atom. The van der Waals surface area contributed by atoms with Gasteiger partial charge in [0.2, 0.25) is 0 Å². The predicted molar refractivity (Wildman–Crippen MR) is 262 cm³/mol. The van der Waals surface area contributed by atoms with Gasteiger partial charge in [0.05, 0.1) is 6.61 Å². The Bertz CT molecular complexity index is 1430. The van der Waals surface area contributed by atoms with Crippen molar-refractivity contribution in [3.8, 4) is 0 Å². The summed E-state index contributed by atoms with van der Waals surface area (Å²) in [7, 11) is -5.13. The molecule has 0 spiro atoms. The second-order valence-corrected chi connectivity index (χ2v) is 18.7. The van der Waals surface area contributed by atoms with Gasteiger partial charge < -0.3 is 39.9 Å². The van der Waals surface area contributed by atoms with Crippen molar-refractivity contribution in [2.75, 3.05) is 13.2 Å². The number of ether oxygens (including phenoxy) is 2. The Hall–Kier alpha value is -2.71. The number of hydrogen-bond acceptors (Lipinski definition) is 12. The average Bonchev–Trinajstić information content (AvgIpc) is 3.30. The molecule has 1 aliphatic carbocycles. The van der Waals surface area contributed by atoms with Crippen molar-refractivity contribution in [3.05, 3.63) is 72.9 Å². The van der Waals surface area contributed by atoms with Crippen LogP contribution < -0.4 is 0 Å². The molecule has 0 heterocycles. The zero-order valence-corrected chi connectivity index (χ0v) is 41.4. The number of phosphoric acid groups is 1. The van der Waals surface area contributed by atoms with E-state index in [-0.39, 0.29) is 12.8 Å². The molecule has 0 aromatic carbocycles. The van der Waals surface area contributed by atoms with E-state index in [2.05, 4.69) is 86.8 Å². The Kier molecular flexibility index (Phi) is 38.3. The van der Waals surface area contributed by atoms with Crippen LogP contribution in [-0.4, -0.2) is 98.3 Å². The van der Waals surface area contributed by atoms with Crippen LogP contribution in [0.25, 0.3) is 0 Å². The van der Waals surface area contributed by atoms with Gasteiger partial charge in [0, 0.05) is 12.8 Å². The first-order valence-corrected chi connectivity index (χ1v) is 26.7. The fraction of sp³-hybridized carbons (Fsp3) is 0.731. The van der Waals surface area contributed by atoms with Gasteiger partial charge in [0.1, 0.15) is 43.2 Å². The number of unbranched alkanes of at least 4 members (excludes halogenated alkanes) is 17. The molecule has 1 aliphatic rings. The van der Waals surface area contributed by atoms with Crippen LogP contribution in [0.4, 0.5) is 0 Å². The van der Waals surface area contributed by atoms with E-state index in [4.69, 9.17) is 18.5 Å².